The molecule has 0 amide bonds. The van der Waals surface area contributed by atoms with E-state index in [0.717, 1.165) is 13.0 Å². The van der Waals surface area contributed by atoms with Crippen molar-refractivity contribution in [2.75, 3.05) is 54.9 Å². The van der Waals surface area contributed by atoms with Crippen molar-refractivity contribution in [3.05, 3.63) is 64.3 Å². The fourth-order valence-electron chi connectivity index (χ4n) is 8.84. The molecule has 0 unspecified atom stereocenters. The van der Waals surface area contributed by atoms with Gasteiger partial charge in [0.2, 0.25) is 35.8 Å². The van der Waals surface area contributed by atoms with E-state index >= 15 is 0 Å². The zero-order valence-corrected chi connectivity index (χ0v) is 43.9. The number of benzene rings is 3. The highest BCUT2D eigenvalue weighted by atomic mass is 16.7. The van der Waals surface area contributed by atoms with Crippen molar-refractivity contribution in [3.8, 4) is 57.3 Å². The summed E-state index contributed by atoms with van der Waals surface area (Å²) in [6.07, 6.45) is -25.8. The Hall–Kier alpha value is -6.65. The Kier molecular flexibility index (Phi) is 20.3. The van der Waals surface area contributed by atoms with Crippen LogP contribution in [-0.4, -0.2) is 231 Å². The Morgan fingerprint density at radius 2 is 1.09 bits per heavy atom. The highest BCUT2D eigenvalue weighted by Crippen LogP contribution is 2.43. The van der Waals surface area contributed by atoms with E-state index in [-0.39, 0.29) is 52.3 Å². The van der Waals surface area contributed by atoms with Gasteiger partial charge >= 0.3 is 11.9 Å². The number of hydrogen-bond acceptors (Lipinski definition) is 29. The lowest BCUT2D eigenvalue weighted by Gasteiger charge is -2.40. The molecule has 446 valence electrons. The van der Waals surface area contributed by atoms with Gasteiger partial charge in [-0.1, -0.05) is 12.2 Å². The Balaban J connectivity index is 1.01. The van der Waals surface area contributed by atoms with Gasteiger partial charge in [0.05, 0.1) is 60.1 Å². The molecule has 3 saturated heterocycles. The monoisotopic (exact) mass is 1150 g/mol. The van der Waals surface area contributed by atoms with Crippen LogP contribution in [0, 0.1) is 0 Å². The van der Waals surface area contributed by atoms with Crippen LogP contribution in [0.3, 0.4) is 0 Å². The minimum absolute atomic E-state index is 0.0243. The molecule has 16 atom stereocenters. The maximum absolute atomic E-state index is 14.3. The number of aromatic hydroxyl groups is 1. The Morgan fingerprint density at radius 1 is 0.593 bits per heavy atom. The molecule has 4 heterocycles. The second kappa shape index (κ2) is 26.5. The molecule has 3 aromatic carbocycles. The van der Waals surface area contributed by atoms with Gasteiger partial charge in [-0.05, 0) is 42.8 Å². The SMILES string of the molecule is COc1cc(O)c2c(=O)c(O[C@H]3O[C@H](COC(=O)C[C@@](C)(O)CC(=O)OC[C@H]4O[C@@H](Oc5c(OC)cc(C=CCO)cc5OC)[C@H](O)[C@@H](O)[C@@H]4O)[C@@H](O)[C@H](O)[C@H]3O)c(-c3ccc(O[C@@H]4O[C@H](CO)[C@@H](O)[C@H](O)[C@H]4O)c(OC)c3)oc2c1. The van der Waals surface area contributed by atoms with E-state index in [9.17, 15) is 80.8 Å². The Labute approximate surface area is 459 Å². The standard InChI is InChI=1S/C52H64O29/c1-52(68,16-33(56)73-19-31-37(59)41(63)44(66)50(78-31)80-47-28(71-4)11-21(7-6-10-53)12-29(47)72-5)17-34(57)74-20-32-38(60)42(64)45(67)51(79-32)81-48-39(61)35-24(55)14-23(69-2)15-27(35)75-46(48)22-8-9-25(26(13-22)70-3)76-49-43(65)40(62)36(58)30(18-54)77-49/h6-9,11-15,30-32,36-38,40-45,49-51,53-55,58-60,62-68H,10,16-20H2,1-5H3/t30-,31-,32-,36-,37-,38-,40+,41+,42+,43-,44-,45-,49-,50+,51-,52+/m1/s1. The molecule has 1 aromatic heterocycles. The molecule has 0 saturated carbocycles. The van der Waals surface area contributed by atoms with Gasteiger partial charge < -0.3 is 128 Å². The molecule has 4 aromatic rings. The summed E-state index contributed by atoms with van der Waals surface area (Å²) in [6, 6.07) is 9.18. The van der Waals surface area contributed by atoms with Crippen LogP contribution in [0.5, 0.6) is 46.0 Å². The average molecular weight is 1150 g/mol. The van der Waals surface area contributed by atoms with Crippen LogP contribution in [0.2, 0.25) is 0 Å². The zero-order chi connectivity index (χ0) is 59.2. The minimum Gasteiger partial charge on any atom is -0.507 e. The van der Waals surface area contributed by atoms with E-state index < -0.39 is 170 Å². The highest BCUT2D eigenvalue weighted by Gasteiger charge is 2.49. The fourth-order valence-corrected chi connectivity index (χ4v) is 8.84. The van der Waals surface area contributed by atoms with Crippen LogP contribution < -0.4 is 38.6 Å². The van der Waals surface area contributed by atoms with Crippen molar-refractivity contribution >= 4 is 29.0 Å². The summed E-state index contributed by atoms with van der Waals surface area (Å²) < 4.78 is 72.5. The van der Waals surface area contributed by atoms with E-state index in [1.165, 1.54) is 70.9 Å². The number of fused-ring (bicyclic) bond motifs is 1. The summed E-state index contributed by atoms with van der Waals surface area (Å²) in [5.74, 6) is -4.26. The van der Waals surface area contributed by atoms with E-state index in [2.05, 4.69) is 0 Å². The molecule has 81 heavy (non-hydrogen) atoms. The Morgan fingerprint density at radius 3 is 1.58 bits per heavy atom. The summed E-state index contributed by atoms with van der Waals surface area (Å²) in [6.45, 7) is -1.58. The van der Waals surface area contributed by atoms with Crippen LogP contribution in [0.15, 0.2) is 57.8 Å². The van der Waals surface area contributed by atoms with E-state index in [0.29, 0.717) is 5.56 Å². The molecule has 0 bridgehead atoms. The van der Waals surface area contributed by atoms with E-state index in [1.807, 2.05) is 0 Å². The summed E-state index contributed by atoms with van der Waals surface area (Å²) in [5.41, 5.74) is -3.00. The van der Waals surface area contributed by atoms with Gasteiger partial charge in [0, 0.05) is 17.7 Å². The predicted octanol–water partition coefficient (Wildman–Crippen LogP) is -2.93. The number of aliphatic hydroxyl groups is 12. The fraction of sp³-hybridized carbons (Fsp3) is 0.519. The number of carbonyl (C=O) groups excluding carboxylic acids is 2. The number of esters is 2. The van der Waals surface area contributed by atoms with Crippen molar-refractivity contribution in [2.24, 2.45) is 0 Å². The van der Waals surface area contributed by atoms with Crippen molar-refractivity contribution in [3.63, 3.8) is 0 Å². The second-order valence-corrected chi connectivity index (χ2v) is 19.1. The third kappa shape index (κ3) is 13.8. The lowest BCUT2D eigenvalue weighted by atomic mass is 9.97. The quantitative estimate of drug-likeness (QED) is 0.0351. The number of phenolic OH excluding ortho intramolecular Hbond substituents is 1. The smallest absolute Gasteiger partial charge is 0.308 e. The number of aliphatic hydroxyl groups excluding tert-OH is 11. The summed E-state index contributed by atoms with van der Waals surface area (Å²) in [7, 11) is 5.12. The van der Waals surface area contributed by atoms with Gasteiger partial charge in [0.25, 0.3) is 0 Å². The third-order valence-electron chi connectivity index (χ3n) is 13.2. The van der Waals surface area contributed by atoms with Gasteiger partial charge in [-0.15, -0.1) is 0 Å². The van der Waals surface area contributed by atoms with Crippen molar-refractivity contribution in [2.45, 2.75) is 117 Å². The predicted molar refractivity (Wildman–Crippen MR) is 269 cm³/mol. The first-order valence-electron chi connectivity index (χ1n) is 24.8. The number of carbonyl (C=O) groups is 2. The number of phenols is 1. The summed E-state index contributed by atoms with van der Waals surface area (Å²) in [5, 5.41) is 137. The van der Waals surface area contributed by atoms with Gasteiger partial charge in [-0.3, -0.25) is 14.4 Å². The maximum Gasteiger partial charge on any atom is 0.308 e. The molecule has 3 aliphatic heterocycles. The highest BCUT2D eigenvalue weighted by molar-refractivity contribution is 5.88. The second-order valence-electron chi connectivity index (χ2n) is 19.1. The Bertz CT molecular complexity index is 2880. The maximum atomic E-state index is 14.3. The molecular weight excluding hydrogens is 1090 g/mol. The average Bonchev–Trinajstić information content (AvgIpc) is 3.56. The zero-order valence-electron chi connectivity index (χ0n) is 43.9. The summed E-state index contributed by atoms with van der Waals surface area (Å²) in [4.78, 5) is 40.5. The molecule has 0 spiro atoms. The minimum atomic E-state index is -2.19. The van der Waals surface area contributed by atoms with E-state index in [1.54, 1.807) is 6.08 Å². The number of methoxy groups -OCH3 is 4. The number of ether oxygens (including phenoxy) is 12. The molecular formula is C52H64O29. The van der Waals surface area contributed by atoms with Gasteiger partial charge in [0.15, 0.2) is 28.8 Å². The largest absolute Gasteiger partial charge is 0.507 e. The van der Waals surface area contributed by atoms with Crippen molar-refractivity contribution < 1.29 is 137 Å². The first kappa shape index (κ1) is 62.0. The number of rotatable bonds is 22. The van der Waals surface area contributed by atoms with E-state index in [4.69, 9.17) is 61.3 Å². The van der Waals surface area contributed by atoms with Crippen molar-refractivity contribution in [1.82, 2.24) is 0 Å². The first-order valence-corrected chi connectivity index (χ1v) is 24.8. The van der Waals surface area contributed by atoms with Gasteiger partial charge in [-0.2, -0.15) is 0 Å². The molecule has 29 heteroatoms. The molecule has 0 aliphatic carbocycles. The number of hydrogen-bond donors (Lipinski definition) is 13. The first-order chi connectivity index (χ1) is 38.5. The molecule has 7 rings (SSSR count). The molecule has 3 fully saturated rings. The molecule has 3 aliphatic rings. The summed E-state index contributed by atoms with van der Waals surface area (Å²) >= 11 is 0. The molecule has 29 nitrogen and oxygen atoms in total. The van der Waals surface area contributed by atoms with Gasteiger partial charge in [-0.25, -0.2) is 0 Å². The molecule has 13 N–H and O–H groups in total. The topological polar surface area (TPSA) is 438 Å². The van der Waals surface area contributed by atoms with Gasteiger partial charge in [0.1, 0.15) is 109 Å². The third-order valence-corrected chi connectivity index (χ3v) is 13.2. The van der Waals surface area contributed by atoms with Crippen LogP contribution in [0.1, 0.15) is 25.3 Å². The van der Waals surface area contributed by atoms with Crippen LogP contribution in [-0.2, 0) is 33.3 Å². The van der Waals surface area contributed by atoms with Crippen molar-refractivity contribution in [1.29, 1.82) is 0 Å². The van der Waals surface area contributed by atoms with Crippen LogP contribution >= 0.6 is 0 Å². The van der Waals surface area contributed by atoms with Crippen LogP contribution in [0.25, 0.3) is 28.4 Å². The normalized spacial score (nSPS) is 29.3. The lowest BCUT2D eigenvalue weighted by molar-refractivity contribution is -0.279. The molecule has 0 radical (unpaired) electrons. The van der Waals surface area contributed by atoms with Crippen LogP contribution in [0.4, 0.5) is 0 Å². The lowest BCUT2D eigenvalue weighted by Crippen LogP contribution is -2.60.